The van der Waals surface area contributed by atoms with E-state index >= 15 is 0 Å². The topological polar surface area (TPSA) is 59.8 Å². The minimum atomic E-state index is -0.602. The van der Waals surface area contributed by atoms with Gasteiger partial charge in [0.1, 0.15) is 5.75 Å². The Kier molecular flexibility index (Phi) is 8.76. The van der Waals surface area contributed by atoms with E-state index < -0.39 is 6.10 Å². The lowest BCUT2D eigenvalue weighted by molar-refractivity contribution is 0.00769. The molecule has 0 amide bonds. The van der Waals surface area contributed by atoms with E-state index in [0.717, 1.165) is 29.1 Å². The van der Waals surface area contributed by atoms with Gasteiger partial charge in [0, 0.05) is 19.6 Å². The van der Waals surface area contributed by atoms with E-state index in [4.69, 9.17) is 26.2 Å². The van der Waals surface area contributed by atoms with Gasteiger partial charge in [-0.2, -0.15) is 5.10 Å². The zero-order valence-electron chi connectivity index (χ0n) is 21.7. The number of benzene rings is 3. The van der Waals surface area contributed by atoms with E-state index in [2.05, 4.69) is 4.90 Å². The van der Waals surface area contributed by atoms with Crippen LogP contribution in [0.15, 0.2) is 84.9 Å². The molecule has 0 bridgehead atoms. The fourth-order valence-electron chi connectivity index (χ4n) is 4.53. The van der Waals surface area contributed by atoms with Crippen LogP contribution in [-0.2, 0) is 17.9 Å². The van der Waals surface area contributed by atoms with E-state index in [1.165, 1.54) is 12.8 Å². The molecule has 0 radical (unpaired) electrons. The number of aliphatic hydroxyl groups is 1. The third kappa shape index (κ3) is 7.03. The molecule has 0 unspecified atom stereocenters. The van der Waals surface area contributed by atoms with E-state index in [1.807, 2.05) is 96.5 Å². The van der Waals surface area contributed by atoms with Crippen molar-refractivity contribution in [1.29, 1.82) is 0 Å². The summed E-state index contributed by atoms with van der Waals surface area (Å²) in [4.78, 5) is 2.30. The SMILES string of the molecule is Cc1nn(-c2ccccc2)c(Oc2ccccc2Cl)c1CN(CC1CC1)C[C@@H](O)COCc1ccccc1. The molecule has 38 heavy (non-hydrogen) atoms. The summed E-state index contributed by atoms with van der Waals surface area (Å²) in [5.41, 5.74) is 3.87. The Labute approximate surface area is 229 Å². The predicted molar refractivity (Wildman–Crippen MR) is 150 cm³/mol. The highest BCUT2D eigenvalue weighted by atomic mass is 35.5. The Morgan fingerprint density at radius 1 is 1.00 bits per heavy atom. The van der Waals surface area contributed by atoms with Gasteiger partial charge in [-0.25, -0.2) is 4.68 Å². The molecule has 1 saturated carbocycles. The number of rotatable bonds is 13. The third-order valence-electron chi connectivity index (χ3n) is 6.67. The van der Waals surface area contributed by atoms with Crippen LogP contribution in [0.4, 0.5) is 0 Å². The first-order chi connectivity index (χ1) is 18.6. The van der Waals surface area contributed by atoms with Gasteiger partial charge in [0.05, 0.1) is 41.3 Å². The lowest BCUT2D eigenvalue weighted by atomic mass is 10.2. The van der Waals surface area contributed by atoms with Crippen molar-refractivity contribution in [1.82, 2.24) is 14.7 Å². The molecule has 7 heteroatoms. The molecule has 0 saturated heterocycles. The van der Waals surface area contributed by atoms with Crippen LogP contribution in [0.1, 0.15) is 29.7 Å². The van der Waals surface area contributed by atoms with E-state index in [9.17, 15) is 5.11 Å². The number of para-hydroxylation sites is 2. The molecule has 0 aliphatic heterocycles. The van der Waals surface area contributed by atoms with Gasteiger partial charge < -0.3 is 14.6 Å². The number of hydrogen-bond donors (Lipinski definition) is 1. The average molecular weight is 532 g/mol. The second kappa shape index (κ2) is 12.6. The number of aliphatic hydroxyl groups excluding tert-OH is 1. The molecular formula is C31H34ClN3O3. The van der Waals surface area contributed by atoms with Crippen LogP contribution in [-0.4, -0.2) is 45.6 Å². The van der Waals surface area contributed by atoms with Crippen molar-refractivity contribution in [2.24, 2.45) is 5.92 Å². The molecule has 3 aromatic carbocycles. The average Bonchev–Trinajstić information content (AvgIpc) is 3.70. The lowest BCUT2D eigenvalue weighted by Crippen LogP contribution is -2.36. The zero-order chi connectivity index (χ0) is 26.3. The Morgan fingerprint density at radius 3 is 2.39 bits per heavy atom. The van der Waals surface area contributed by atoms with Crippen molar-refractivity contribution < 1.29 is 14.6 Å². The van der Waals surface area contributed by atoms with Crippen LogP contribution in [0.25, 0.3) is 5.69 Å². The lowest BCUT2D eigenvalue weighted by Gasteiger charge is -2.25. The zero-order valence-corrected chi connectivity index (χ0v) is 22.4. The van der Waals surface area contributed by atoms with E-state index in [0.29, 0.717) is 42.3 Å². The molecule has 1 aliphatic rings. The summed E-state index contributed by atoms with van der Waals surface area (Å²) in [7, 11) is 0. The van der Waals surface area contributed by atoms with Crippen molar-refractivity contribution >= 4 is 11.6 Å². The molecule has 1 atom stereocenters. The van der Waals surface area contributed by atoms with Crippen molar-refractivity contribution in [3.8, 4) is 17.3 Å². The molecule has 0 spiro atoms. The molecule has 198 valence electrons. The molecule has 4 aromatic rings. The van der Waals surface area contributed by atoms with Crippen molar-refractivity contribution in [3.05, 3.63) is 107 Å². The number of halogens is 1. The Bertz CT molecular complexity index is 1310. The maximum Gasteiger partial charge on any atom is 0.227 e. The molecule has 1 aliphatic carbocycles. The van der Waals surface area contributed by atoms with Crippen LogP contribution in [0.3, 0.4) is 0 Å². The Morgan fingerprint density at radius 2 is 1.68 bits per heavy atom. The molecule has 1 heterocycles. The molecule has 1 aromatic heterocycles. The summed E-state index contributed by atoms with van der Waals surface area (Å²) >= 11 is 6.46. The molecular weight excluding hydrogens is 498 g/mol. The Hall–Kier alpha value is -3.16. The highest BCUT2D eigenvalue weighted by Gasteiger charge is 2.28. The number of aromatic nitrogens is 2. The van der Waals surface area contributed by atoms with Crippen molar-refractivity contribution in [3.63, 3.8) is 0 Å². The summed E-state index contributed by atoms with van der Waals surface area (Å²) < 4.78 is 14.1. The fraction of sp³-hybridized carbons (Fsp3) is 0.323. The second-order valence-corrected chi connectivity index (χ2v) is 10.3. The standard InChI is InChI=1S/C31H34ClN3O3/c1-23-28(20-34(18-24-16-17-24)19-27(36)22-37-21-25-10-4-2-5-11-25)31(38-30-15-9-8-14-29(30)32)35(33-23)26-12-6-3-7-13-26/h2-15,24,27,36H,16-22H2,1H3/t27-/m1/s1. The third-order valence-corrected chi connectivity index (χ3v) is 6.98. The maximum absolute atomic E-state index is 10.9. The smallest absolute Gasteiger partial charge is 0.227 e. The van der Waals surface area contributed by atoms with Crippen LogP contribution in [0.5, 0.6) is 11.6 Å². The van der Waals surface area contributed by atoms with Crippen LogP contribution in [0, 0.1) is 12.8 Å². The molecule has 6 nitrogen and oxygen atoms in total. The van der Waals surface area contributed by atoms with Gasteiger partial charge in [0.15, 0.2) is 0 Å². The van der Waals surface area contributed by atoms with Gasteiger partial charge in [-0.3, -0.25) is 4.90 Å². The van der Waals surface area contributed by atoms with Gasteiger partial charge in [0.25, 0.3) is 0 Å². The number of ether oxygens (including phenoxy) is 2. The highest BCUT2D eigenvalue weighted by molar-refractivity contribution is 6.32. The first kappa shape index (κ1) is 26.4. The first-order valence-corrected chi connectivity index (χ1v) is 13.5. The van der Waals surface area contributed by atoms with Crippen molar-refractivity contribution in [2.75, 3.05) is 19.7 Å². The van der Waals surface area contributed by atoms with Gasteiger partial charge in [-0.15, -0.1) is 0 Å². The van der Waals surface area contributed by atoms with Gasteiger partial charge in [-0.05, 0) is 55.5 Å². The first-order valence-electron chi connectivity index (χ1n) is 13.1. The van der Waals surface area contributed by atoms with Gasteiger partial charge >= 0.3 is 0 Å². The quantitative estimate of drug-likeness (QED) is 0.216. The largest absolute Gasteiger partial charge is 0.437 e. The molecule has 1 fully saturated rings. The minimum absolute atomic E-state index is 0.279. The number of nitrogens with zero attached hydrogens (tertiary/aromatic N) is 3. The summed E-state index contributed by atoms with van der Waals surface area (Å²) in [5, 5.41) is 16.3. The predicted octanol–water partition coefficient (Wildman–Crippen LogP) is 6.42. The summed E-state index contributed by atoms with van der Waals surface area (Å²) in [6.07, 6.45) is 1.85. The molecule has 1 N–H and O–H groups in total. The minimum Gasteiger partial charge on any atom is -0.437 e. The highest BCUT2D eigenvalue weighted by Crippen LogP contribution is 2.36. The van der Waals surface area contributed by atoms with Crippen LogP contribution in [0.2, 0.25) is 5.02 Å². The Balaban J connectivity index is 1.35. The van der Waals surface area contributed by atoms with Gasteiger partial charge in [0.2, 0.25) is 5.88 Å². The maximum atomic E-state index is 10.9. The van der Waals surface area contributed by atoms with E-state index in [1.54, 1.807) is 0 Å². The normalized spacial score (nSPS) is 14.1. The van der Waals surface area contributed by atoms with Crippen LogP contribution >= 0.6 is 11.6 Å². The summed E-state index contributed by atoms with van der Waals surface area (Å²) in [5.74, 6) is 1.87. The van der Waals surface area contributed by atoms with Crippen molar-refractivity contribution in [2.45, 2.75) is 39.0 Å². The monoisotopic (exact) mass is 531 g/mol. The summed E-state index contributed by atoms with van der Waals surface area (Å²) in [6.45, 7) is 4.79. The van der Waals surface area contributed by atoms with Crippen LogP contribution < -0.4 is 4.74 Å². The number of hydrogen-bond acceptors (Lipinski definition) is 5. The molecule has 5 rings (SSSR count). The van der Waals surface area contributed by atoms with Gasteiger partial charge in [-0.1, -0.05) is 72.3 Å². The second-order valence-electron chi connectivity index (χ2n) is 9.94. The summed E-state index contributed by atoms with van der Waals surface area (Å²) in [6, 6.07) is 27.4. The number of aryl methyl sites for hydroxylation is 1. The fourth-order valence-corrected chi connectivity index (χ4v) is 4.71. The van der Waals surface area contributed by atoms with E-state index in [-0.39, 0.29) is 6.61 Å².